The fraction of sp³-hybridized carbons (Fsp3) is 0.600. The van der Waals surface area contributed by atoms with E-state index in [1.54, 1.807) is 0 Å². The molecule has 1 N–H and O–H groups in total. The molecule has 0 spiro atoms. The Labute approximate surface area is 83.3 Å². The summed E-state index contributed by atoms with van der Waals surface area (Å²) in [6, 6.07) is 0. The van der Waals surface area contributed by atoms with Gasteiger partial charge in [-0.1, -0.05) is 32.3 Å². The minimum atomic E-state index is -1.18. The highest BCUT2D eigenvalue weighted by molar-refractivity contribution is 5.87. The maximum Gasteiger partial charge on any atom is 0.355 e. The molecule has 0 aromatic heterocycles. The van der Waals surface area contributed by atoms with Gasteiger partial charge in [-0.2, -0.15) is 4.99 Å². The molecule has 4 nitrogen and oxygen atoms in total. The fourth-order valence-corrected chi connectivity index (χ4v) is 1.04. The minimum absolute atomic E-state index is 0.212. The number of hydrogen-bond donors (Lipinski definition) is 1. The molecule has 14 heavy (non-hydrogen) atoms. The Bertz CT molecular complexity index is 248. The number of carboxylic acid groups (broad SMARTS) is 1. The predicted molar refractivity (Wildman–Crippen MR) is 52.6 cm³/mol. The predicted octanol–water partition coefficient (Wildman–Crippen LogP) is 2.26. The molecule has 4 heteroatoms. The van der Waals surface area contributed by atoms with Gasteiger partial charge in [0.1, 0.15) is 0 Å². The van der Waals surface area contributed by atoms with Gasteiger partial charge in [0.15, 0.2) is 5.70 Å². The van der Waals surface area contributed by atoms with Crippen molar-refractivity contribution in [2.24, 2.45) is 4.99 Å². The first-order valence-electron chi connectivity index (χ1n) is 4.73. The molecule has 0 aromatic carbocycles. The largest absolute Gasteiger partial charge is 0.476 e. The second-order valence-corrected chi connectivity index (χ2v) is 2.95. The van der Waals surface area contributed by atoms with Crippen molar-refractivity contribution in [3.63, 3.8) is 0 Å². The van der Waals surface area contributed by atoms with Crippen LogP contribution in [0.3, 0.4) is 0 Å². The summed E-state index contributed by atoms with van der Waals surface area (Å²) >= 11 is 0. The number of nitrogens with zero attached hydrogens (tertiary/aromatic N) is 1. The molecule has 0 fully saturated rings. The van der Waals surface area contributed by atoms with Gasteiger partial charge in [0.05, 0.1) is 0 Å². The zero-order valence-electron chi connectivity index (χ0n) is 8.32. The Hall–Kier alpha value is -1.41. The van der Waals surface area contributed by atoms with E-state index in [-0.39, 0.29) is 5.70 Å². The first-order chi connectivity index (χ1) is 6.72. The molecule has 78 valence electrons. The third kappa shape index (κ3) is 6.14. The van der Waals surface area contributed by atoms with Crippen LogP contribution in [-0.4, -0.2) is 17.2 Å². The zero-order valence-corrected chi connectivity index (χ0v) is 8.32. The van der Waals surface area contributed by atoms with Crippen molar-refractivity contribution in [2.75, 3.05) is 0 Å². The summed E-state index contributed by atoms with van der Waals surface area (Å²) in [6.45, 7) is 2.11. The Morgan fingerprint density at radius 2 is 2.14 bits per heavy atom. The van der Waals surface area contributed by atoms with E-state index in [9.17, 15) is 9.59 Å². The van der Waals surface area contributed by atoms with Crippen LogP contribution in [0.2, 0.25) is 0 Å². The number of unbranched alkanes of at least 4 members (excludes halogenated alkanes) is 4. The minimum Gasteiger partial charge on any atom is -0.476 e. The van der Waals surface area contributed by atoms with Crippen LogP contribution >= 0.6 is 0 Å². The summed E-state index contributed by atoms with van der Waals surface area (Å²) in [6.07, 6.45) is 7.62. The monoisotopic (exact) mass is 197 g/mol. The van der Waals surface area contributed by atoms with Crippen LogP contribution in [0.1, 0.15) is 39.0 Å². The molecule has 0 amide bonds. The van der Waals surface area contributed by atoms with E-state index >= 15 is 0 Å². The van der Waals surface area contributed by atoms with Crippen LogP contribution < -0.4 is 0 Å². The van der Waals surface area contributed by atoms with E-state index in [2.05, 4.69) is 11.9 Å². The van der Waals surface area contributed by atoms with E-state index in [4.69, 9.17) is 5.11 Å². The number of carboxylic acids is 1. The number of isocyanates is 1. The van der Waals surface area contributed by atoms with E-state index in [1.807, 2.05) is 0 Å². The molecule has 0 bridgehead atoms. The Morgan fingerprint density at radius 3 is 2.64 bits per heavy atom. The summed E-state index contributed by atoms with van der Waals surface area (Å²) in [7, 11) is 0. The van der Waals surface area contributed by atoms with E-state index in [0.29, 0.717) is 6.42 Å². The Balaban J connectivity index is 3.92. The van der Waals surface area contributed by atoms with Gasteiger partial charge >= 0.3 is 5.97 Å². The number of carbonyl (C=O) groups is 1. The number of aliphatic imine (C=N–C) groups is 1. The molecule has 0 rings (SSSR count). The molecule has 0 radical (unpaired) electrons. The lowest BCUT2D eigenvalue weighted by Crippen LogP contribution is -1.97. The van der Waals surface area contributed by atoms with Crippen molar-refractivity contribution in [3.05, 3.63) is 11.8 Å². The first kappa shape index (κ1) is 12.6. The number of rotatable bonds is 7. The number of hydrogen-bond acceptors (Lipinski definition) is 3. The SMILES string of the molecule is CCCCCC/C=C(/N=C=O)C(=O)O. The van der Waals surface area contributed by atoms with Crippen molar-refractivity contribution in [3.8, 4) is 0 Å². The van der Waals surface area contributed by atoms with Crippen LogP contribution in [0.15, 0.2) is 16.8 Å². The molecular formula is C10H15NO3. The summed E-state index contributed by atoms with van der Waals surface area (Å²) in [4.78, 5) is 23.4. The van der Waals surface area contributed by atoms with Gasteiger partial charge < -0.3 is 5.11 Å². The molecule has 0 aliphatic carbocycles. The lowest BCUT2D eigenvalue weighted by Gasteiger charge is -1.95. The van der Waals surface area contributed by atoms with Gasteiger partial charge in [-0.25, -0.2) is 9.59 Å². The molecule has 0 atom stereocenters. The number of aliphatic carboxylic acids is 1. The van der Waals surface area contributed by atoms with Gasteiger partial charge in [-0.15, -0.1) is 0 Å². The summed E-state index contributed by atoms with van der Waals surface area (Å²) < 4.78 is 0. The van der Waals surface area contributed by atoms with Crippen LogP contribution in [0, 0.1) is 0 Å². The second-order valence-electron chi connectivity index (χ2n) is 2.95. The Morgan fingerprint density at radius 1 is 1.43 bits per heavy atom. The number of allylic oxidation sites excluding steroid dienone is 1. The topological polar surface area (TPSA) is 66.7 Å². The third-order valence-corrected chi connectivity index (χ3v) is 1.78. The van der Waals surface area contributed by atoms with Gasteiger partial charge in [-0.3, -0.25) is 0 Å². The molecule has 0 saturated carbocycles. The van der Waals surface area contributed by atoms with E-state index in [0.717, 1.165) is 25.7 Å². The van der Waals surface area contributed by atoms with Gasteiger partial charge in [-0.05, 0) is 12.8 Å². The Kier molecular flexibility index (Phi) is 7.37. The quantitative estimate of drug-likeness (QED) is 0.294. The first-order valence-corrected chi connectivity index (χ1v) is 4.73. The molecular weight excluding hydrogens is 182 g/mol. The summed E-state index contributed by atoms with van der Waals surface area (Å²) in [5.41, 5.74) is -0.212. The normalized spacial score (nSPS) is 10.8. The molecule has 0 saturated heterocycles. The highest BCUT2D eigenvalue weighted by atomic mass is 16.4. The highest BCUT2D eigenvalue weighted by Crippen LogP contribution is 2.06. The molecule has 0 aliphatic rings. The average molecular weight is 197 g/mol. The van der Waals surface area contributed by atoms with E-state index in [1.165, 1.54) is 12.2 Å². The van der Waals surface area contributed by atoms with Crippen molar-refractivity contribution >= 4 is 12.0 Å². The summed E-state index contributed by atoms with van der Waals surface area (Å²) in [5.74, 6) is -1.18. The van der Waals surface area contributed by atoms with Gasteiger partial charge in [0.25, 0.3) is 0 Å². The van der Waals surface area contributed by atoms with Crippen molar-refractivity contribution in [1.29, 1.82) is 0 Å². The maximum absolute atomic E-state index is 10.5. The van der Waals surface area contributed by atoms with Crippen molar-refractivity contribution in [1.82, 2.24) is 0 Å². The smallest absolute Gasteiger partial charge is 0.355 e. The average Bonchev–Trinajstić information content (AvgIpc) is 2.15. The lowest BCUT2D eigenvalue weighted by atomic mass is 10.1. The van der Waals surface area contributed by atoms with Crippen LogP contribution in [0.4, 0.5) is 0 Å². The van der Waals surface area contributed by atoms with Crippen molar-refractivity contribution in [2.45, 2.75) is 39.0 Å². The van der Waals surface area contributed by atoms with Gasteiger partial charge in [0, 0.05) is 0 Å². The zero-order chi connectivity index (χ0) is 10.8. The van der Waals surface area contributed by atoms with Crippen molar-refractivity contribution < 1.29 is 14.7 Å². The second kappa shape index (κ2) is 8.20. The fourth-order valence-electron chi connectivity index (χ4n) is 1.04. The molecule has 0 unspecified atom stereocenters. The highest BCUT2D eigenvalue weighted by Gasteiger charge is 2.03. The molecule has 0 aliphatic heterocycles. The molecule has 0 aromatic rings. The van der Waals surface area contributed by atoms with Crippen LogP contribution in [-0.2, 0) is 9.59 Å². The van der Waals surface area contributed by atoms with Gasteiger partial charge in [0.2, 0.25) is 6.08 Å². The number of carbonyl (C=O) groups excluding carboxylic acids is 1. The lowest BCUT2D eigenvalue weighted by molar-refractivity contribution is -0.132. The van der Waals surface area contributed by atoms with Crippen LogP contribution in [0.5, 0.6) is 0 Å². The summed E-state index contributed by atoms with van der Waals surface area (Å²) in [5, 5.41) is 8.57. The maximum atomic E-state index is 10.5. The van der Waals surface area contributed by atoms with Crippen LogP contribution in [0.25, 0.3) is 0 Å². The molecule has 0 heterocycles. The third-order valence-electron chi connectivity index (χ3n) is 1.78. The standard InChI is InChI=1S/C10H15NO3/c1-2-3-4-5-6-7-9(10(13)14)11-8-12/h7H,2-6H2,1H3,(H,13,14)/b9-7+. The van der Waals surface area contributed by atoms with E-state index < -0.39 is 5.97 Å².